The van der Waals surface area contributed by atoms with Gasteiger partial charge < -0.3 is 5.11 Å². The fraction of sp³-hybridized carbons (Fsp3) is 0.105. The molecule has 0 fully saturated rings. The molecule has 3 heteroatoms. The molecule has 22 heavy (non-hydrogen) atoms. The molecule has 3 nitrogen and oxygen atoms in total. The van der Waals surface area contributed by atoms with Gasteiger partial charge >= 0.3 is 5.97 Å². The average molecular weight is 292 g/mol. The Kier molecular flexibility index (Phi) is 3.90. The molecule has 1 aliphatic heterocycles. The van der Waals surface area contributed by atoms with Gasteiger partial charge in [0.15, 0.2) is 0 Å². The van der Waals surface area contributed by atoms with Crippen LogP contribution in [0.1, 0.15) is 17.2 Å². The van der Waals surface area contributed by atoms with Gasteiger partial charge in [-0.05, 0) is 18.2 Å². The van der Waals surface area contributed by atoms with E-state index in [1.165, 1.54) is 4.90 Å². The first kappa shape index (κ1) is 14.3. The minimum atomic E-state index is -0.887. The van der Waals surface area contributed by atoms with Crippen molar-refractivity contribution in [1.29, 1.82) is 0 Å². The van der Waals surface area contributed by atoms with E-state index in [4.69, 9.17) is 0 Å². The van der Waals surface area contributed by atoms with Gasteiger partial charge in [0, 0.05) is 17.2 Å². The zero-order valence-corrected chi connectivity index (χ0v) is 12.4. The van der Waals surface area contributed by atoms with Crippen molar-refractivity contribution in [2.45, 2.75) is 6.04 Å². The van der Waals surface area contributed by atoms with E-state index in [1.807, 2.05) is 66.7 Å². The second kappa shape index (κ2) is 6.00. The number of rotatable bonds is 3. The zero-order valence-electron chi connectivity index (χ0n) is 12.4. The van der Waals surface area contributed by atoms with E-state index in [0.29, 0.717) is 5.57 Å². The number of carboxylic acid groups (broad SMARTS) is 1. The molecule has 0 spiro atoms. The maximum absolute atomic E-state index is 11.5. The third kappa shape index (κ3) is 2.71. The van der Waals surface area contributed by atoms with Crippen LogP contribution in [0.4, 0.5) is 0 Å². The smallest absolute Gasteiger partial charge is 0.335 e. The molecule has 2 N–H and O–H groups in total. The highest BCUT2D eigenvalue weighted by Gasteiger charge is 2.29. The Morgan fingerprint density at radius 3 is 2.18 bits per heavy atom. The molecule has 1 aliphatic rings. The number of hydrogen-bond acceptors (Lipinski definition) is 1. The van der Waals surface area contributed by atoms with Crippen molar-refractivity contribution in [2.24, 2.45) is 0 Å². The Morgan fingerprint density at radius 2 is 1.59 bits per heavy atom. The summed E-state index contributed by atoms with van der Waals surface area (Å²) in [4.78, 5) is 12.7. The third-order valence-electron chi connectivity index (χ3n) is 4.03. The van der Waals surface area contributed by atoms with Gasteiger partial charge in [-0.1, -0.05) is 48.5 Å². The summed E-state index contributed by atoms with van der Waals surface area (Å²) in [7, 11) is 2.08. The summed E-state index contributed by atoms with van der Waals surface area (Å²) < 4.78 is 0. The van der Waals surface area contributed by atoms with Gasteiger partial charge in [-0.3, -0.25) is 4.90 Å². The maximum atomic E-state index is 11.5. The number of hydrogen-bond donors (Lipinski definition) is 2. The first-order valence-corrected chi connectivity index (χ1v) is 7.28. The summed E-state index contributed by atoms with van der Waals surface area (Å²) in [5.41, 5.74) is 3.50. The van der Waals surface area contributed by atoms with Crippen LogP contribution in [0.25, 0.3) is 5.70 Å². The lowest BCUT2D eigenvalue weighted by molar-refractivity contribution is -0.831. The van der Waals surface area contributed by atoms with Gasteiger partial charge in [0.1, 0.15) is 11.7 Å². The summed E-state index contributed by atoms with van der Waals surface area (Å²) in [5.74, 6) is -0.887. The van der Waals surface area contributed by atoms with Crippen molar-refractivity contribution in [3.63, 3.8) is 0 Å². The molecule has 2 aromatic carbocycles. The van der Waals surface area contributed by atoms with E-state index in [0.717, 1.165) is 16.8 Å². The van der Waals surface area contributed by atoms with Crippen LogP contribution in [0.5, 0.6) is 0 Å². The molecule has 0 saturated carbocycles. The summed E-state index contributed by atoms with van der Waals surface area (Å²) in [6.07, 6.45) is 3.60. The van der Waals surface area contributed by atoms with Crippen LogP contribution in [0.3, 0.4) is 0 Å². The van der Waals surface area contributed by atoms with Crippen molar-refractivity contribution < 1.29 is 14.8 Å². The molecule has 2 unspecified atom stereocenters. The summed E-state index contributed by atoms with van der Waals surface area (Å²) in [6.45, 7) is 0. The largest absolute Gasteiger partial charge is 0.478 e. The van der Waals surface area contributed by atoms with Crippen LogP contribution in [-0.4, -0.2) is 18.1 Å². The van der Waals surface area contributed by atoms with Gasteiger partial charge in [0.05, 0.1) is 12.6 Å². The van der Waals surface area contributed by atoms with Crippen molar-refractivity contribution in [1.82, 2.24) is 0 Å². The molecule has 0 amide bonds. The molecular weight excluding hydrogens is 274 g/mol. The lowest BCUT2D eigenvalue weighted by Gasteiger charge is -2.28. The van der Waals surface area contributed by atoms with Crippen LogP contribution in [0, 0.1) is 0 Å². The normalized spacial score (nSPS) is 21.0. The first-order chi connectivity index (χ1) is 10.7. The van der Waals surface area contributed by atoms with Crippen LogP contribution in [0.15, 0.2) is 78.4 Å². The Morgan fingerprint density at radius 1 is 1.00 bits per heavy atom. The van der Waals surface area contributed by atoms with Crippen LogP contribution >= 0.6 is 0 Å². The first-order valence-electron chi connectivity index (χ1n) is 7.28. The van der Waals surface area contributed by atoms with Gasteiger partial charge in [-0.2, -0.15) is 0 Å². The van der Waals surface area contributed by atoms with Gasteiger partial charge in [-0.25, -0.2) is 4.79 Å². The minimum absolute atomic E-state index is 0.00694. The van der Waals surface area contributed by atoms with Crippen molar-refractivity contribution >= 4 is 11.7 Å². The molecule has 2 aromatic rings. The van der Waals surface area contributed by atoms with E-state index in [-0.39, 0.29) is 6.04 Å². The van der Waals surface area contributed by atoms with Gasteiger partial charge in [-0.15, -0.1) is 0 Å². The molecule has 0 aromatic heterocycles. The van der Waals surface area contributed by atoms with E-state index in [9.17, 15) is 9.90 Å². The highest BCUT2D eigenvalue weighted by atomic mass is 16.4. The highest BCUT2D eigenvalue weighted by molar-refractivity contribution is 5.92. The second-order valence-electron chi connectivity index (χ2n) is 5.42. The van der Waals surface area contributed by atoms with Gasteiger partial charge in [0.25, 0.3) is 0 Å². The van der Waals surface area contributed by atoms with E-state index < -0.39 is 5.97 Å². The number of carboxylic acids is 1. The number of carbonyl (C=O) groups is 1. The molecule has 110 valence electrons. The standard InChI is InChI=1S/C19H17NO2/c1-20-17(14-8-4-2-5-9-14)12-16(19(21)22)13-18(20)15-10-6-3-7-11-15/h2-13,17H,1H3,(H,21,22)/p+1. The van der Waals surface area contributed by atoms with E-state index >= 15 is 0 Å². The second-order valence-corrected chi connectivity index (χ2v) is 5.42. The molecule has 0 aliphatic carbocycles. The third-order valence-corrected chi connectivity index (χ3v) is 4.03. The fourth-order valence-electron chi connectivity index (χ4n) is 2.86. The molecule has 2 atom stereocenters. The summed E-state index contributed by atoms with van der Waals surface area (Å²) >= 11 is 0. The Hall–Kier alpha value is -2.65. The van der Waals surface area contributed by atoms with Crippen molar-refractivity contribution in [2.75, 3.05) is 7.05 Å². The van der Waals surface area contributed by atoms with Crippen LogP contribution in [0.2, 0.25) is 0 Å². The number of aliphatic carboxylic acids is 1. The molecule has 0 radical (unpaired) electrons. The van der Waals surface area contributed by atoms with Gasteiger partial charge in [0.2, 0.25) is 0 Å². The Bertz CT molecular complexity index is 733. The van der Waals surface area contributed by atoms with E-state index in [2.05, 4.69) is 7.05 Å². The predicted molar refractivity (Wildman–Crippen MR) is 86.2 cm³/mol. The molecular formula is C19H18NO2+. The number of likely N-dealkylation sites (N-methyl/N-ethyl adjacent to an activating group) is 1. The van der Waals surface area contributed by atoms with Crippen molar-refractivity contribution in [3.8, 4) is 0 Å². The minimum Gasteiger partial charge on any atom is -0.478 e. The Labute approximate surface area is 129 Å². The van der Waals surface area contributed by atoms with Crippen LogP contribution in [-0.2, 0) is 4.79 Å². The monoisotopic (exact) mass is 292 g/mol. The average Bonchev–Trinajstić information content (AvgIpc) is 2.56. The quantitative estimate of drug-likeness (QED) is 0.911. The summed E-state index contributed by atoms with van der Waals surface area (Å²) in [6, 6.07) is 19.9. The zero-order chi connectivity index (χ0) is 15.5. The lowest BCUT2D eigenvalue weighted by atomic mass is 9.95. The molecule has 3 rings (SSSR count). The Balaban J connectivity index is 2.08. The maximum Gasteiger partial charge on any atom is 0.335 e. The molecule has 0 saturated heterocycles. The highest BCUT2D eigenvalue weighted by Crippen LogP contribution is 2.22. The predicted octanol–water partition coefficient (Wildman–Crippen LogP) is 2.31. The van der Waals surface area contributed by atoms with Crippen molar-refractivity contribution in [3.05, 3.63) is 89.5 Å². The van der Waals surface area contributed by atoms with E-state index in [1.54, 1.807) is 6.08 Å². The number of nitrogens with one attached hydrogen (secondary N) is 1. The number of benzene rings is 2. The fourth-order valence-corrected chi connectivity index (χ4v) is 2.86. The summed E-state index contributed by atoms with van der Waals surface area (Å²) in [5, 5.41) is 9.43. The SMILES string of the molecule is C[NH+]1C(c2ccccc2)=CC(C(=O)O)=CC1c1ccccc1. The molecule has 1 heterocycles. The molecule has 0 bridgehead atoms. The van der Waals surface area contributed by atoms with Crippen LogP contribution < -0.4 is 4.90 Å². The lowest BCUT2D eigenvalue weighted by Crippen LogP contribution is -3.06. The topological polar surface area (TPSA) is 41.7 Å². The number of quaternary nitrogens is 1.